The van der Waals surface area contributed by atoms with Crippen LogP contribution in [0.4, 0.5) is 4.39 Å². The van der Waals surface area contributed by atoms with E-state index in [0.717, 1.165) is 12.5 Å². The maximum atomic E-state index is 12.8. The Morgan fingerprint density at radius 3 is 2.65 bits per heavy atom. The molecule has 0 radical (unpaired) electrons. The smallest absolute Gasteiger partial charge is 0.164 e. The molecule has 1 aromatic rings. The Hall–Kier alpha value is -1.22. The van der Waals surface area contributed by atoms with Gasteiger partial charge >= 0.3 is 0 Å². The molecule has 1 aromatic carbocycles. The lowest BCUT2D eigenvalue weighted by Crippen LogP contribution is -2.36. The molecule has 1 fully saturated rings. The van der Waals surface area contributed by atoms with E-state index in [1.165, 1.54) is 37.8 Å². The minimum absolute atomic E-state index is 0.0979. The number of carbonyl (C=O) groups excluding carboxylic acids is 1. The number of hydrogen-bond acceptors (Lipinski definition) is 2. The highest BCUT2D eigenvalue weighted by atomic mass is 19.1. The van der Waals surface area contributed by atoms with Gasteiger partial charge in [0, 0.05) is 24.6 Å². The predicted molar refractivity (Wildman–Crippen MR) is 79.4 cm³/mol. The molecule has 2 nitrogen and oxygen atoms in total. The van der Waals surface area contributed by atoms with Crippen LogP contribution < -0.4 is 0 Å². The van der Waals surface area contributed by atoms with Gasteiger partial charge in [0.2, 0.25) is 0 Å². The van der Waals surface area contributed by atoms with Gasteiger partial charge in [0.15, 0.2) is 5.78 Å². The fraction of sp³-hybridized carbons (Fsp3) is 0.588. The number of carbonyl (C=O) groups is 1. The lowest BCUT2D eigenvalue weighted by Gasteiger charge is -2.34. The highest BCUT2D eigenvalue weighted by Gasteiger charge is 2.22. The summed E-state index contributed by atoms with van der Waals surface area (Å²) in [5.41, 5.74) is 0.608. The number of Topliss-reactive ketones (excluding diaryl/α,β-unsaturated/α-hetero) is 1. The van der Waals surface area contributed by atoms with Gasteiger partial charge in [-0.25, -0.2) is 4.39 Å². The van der Waals surface area contributed by atoms with E-state index in [9.17, 15) is 9.18 Å². The minimum Gasteiger partial charge on any atom is -0.303 e. The first-order valence-electron chi connectivity index (χ1n) is 7.55. The second kappa shape index (κ2) is 6.98. The van der Waals surface area contributed by atoms with E-state index >= 15 is 0 Å². The normalized spacial score (nSPS) is 23.0. The Morgan fingerprint density at radius 2 is 2.00 bits per heavy atom. The van der Waals surface area contributed by atoms with Crippen molar-refractivity contribution in [3.8, 4) is 0 Å². The van der Waals surface area contributed by atoms with Crippen molar-refractivity contribution in [1.82, 2.24) is 4.90 Å². The number of ketones is 1. The molecule has 0 amide bonds. The average molecular weight is 277 g/mol. The minimum atomic E-state index is -0.296. The van der Waals surface area contributed by atoms with Crippen LogP contribution in [-0.2, 0) is 0 Å². The molecule has 0 N–H and O–H groups in total. The van der Waals surface area contributed by atoms with Crippen LogP contribution in [0.5, 0.6) is 0 Å². The second-order valence-electron chi connectivity index (χ2n) is 6.09. The van der Waals surface area contributed by atoms with E-state index in [1.807, 2.05) is 0 Å². The molecule has 2 unspecified atom stereocenters. The number of hydrogen-bond donors (Lipinski definition) is 0. The summed E-state index contributed by atoms with van der Waals surface area (Å²) in [4.78, 5) is 14.4. The van der Waals surface area contributed by atoms with Crippen LogP contribution in [0.25, 0.3) is 0 Å². The van der Waals surface area contributed by atoms with Crippen molar-refractivity contribution in [1.29, 1.82) is 0 Å². The van der Waals surface area contributed by atoms with Gasteiger partial charge in [0.25, 0.3) is 0 Å². The molecule has 0 aliphatic heterocycles. The van der Waals surface area contributed by atoms with Crippen molar-refractivity contribution < 1.29 is 9.18 Å². The third-order valence-electron chi connectivity index (χ3n) is 4.39. The van der Waals surface area contributed by atoms with Gasteiger partial charge in [-0.3, -0.25) is 4.79 Å². The zero-order valence-electron chi connectivity index (χ0n) is 12.4. The van der Waals surface area contributed by atoms with Crippen molar-refractivity contribution >= 4 is 5.78 Å². The molecule has 1 aliphatic carbocycles. The summed E-state index contributed by atoms with van der Waals surface area (Å²) in [6.07, 6.45) is 5.61. The van der Waals surface area contributed by atoms with Crippen LogP contribution in [-0.4, -0.2) is 30.3 Å². The van der Waals surface area contributed by atoms with Crippen LogP contribution >= 0.6 is 0 Å². The number of rotatable bonds is 5. The molecule has 110 valence electrons. The zero-order valence-corrected chi connectivity index (χ0v) is 12.4. The zero-order chi connectivity index (χ0) is 14.5. The Bertz CT molecular complexity index is 443. The first-order valence-corrected chi connectivity index (χ1v) is 7.55. The highest BCUT2D eigenvalue weighted by molar-refractivity contribution is 5.96. The maximum Gasteiger partial charge on any atom is 0.164 e. The molecular formula is C17H24FNO. The van der Waals surface area contributed by atoms with E-state index in [1.54, 1.807) is 12.1 Å². The molecule has 1 aliphatic rings. The predicted octanol–water partition coefficient (Wildman–Crippen LogP) is 3.91. The lowest BCUT2D eigenvalue weighted by molar-refractivity contribution is 0.0945. The van der Waals surface area contributed by atoms with Gasteiger partial charge in [-0.15, -0.1) is 0 Å². The summed E-state index contributed by atoms with van der Waals surface area (Å²) in [6.45, 7) is 3.09. The molecule has 3 heteroatoms. The Balaban J connectivity index is 1.82. The van der Waals surface area contributed by atoms with Crippen molar-refractivity contribution in [3.05, 3.63) is 35.6 Å². The third-order valence-corrected chi connectivity index (χ3v) is 4.39. The van der Waals surface area contributed by atoms with Gasteiger partial charge in [-0.1, -0.05) is 19.8 Å². The van der Waals surface area contributed by atoms with Crippen LogP contribution in [0, 0.1) is 11.7 Å². The van der Waals surface area contributed by atoms with E-state index in [4.69, 9.17) is 0 Å². The largest absolute Gasteiger partial charge is 0.303 e. The summed E-state index contributed by atoms with van der Waals surface area (Å²) in [5, 5.41) is 0. The van der Waals surface area contributed by atoms with Crippen LogP contribution in [0.2, 0.25) is 0 Å². The number of halogens is 1. The summed E-state index contributed by atoms with van der Waals surface area (Å²) in [7, 11) is 2.11. The van der Waals surface area contributed by atoms with Gasteiger partial charge in [0.1, 0.15) is 5.82 Å². The molecule has 1 saturated carbocycles. The molecule has 20 heavy (non-hydrogen) atoms. The number of benzene rings is 1. The van der Waals surface area contributed by atoms with Crippen molar-refractivity contribution in [2.75, 3.05) is 13.6 Å². The topological polar surface area (TPSA) is 20.3 Å². The highest BCUT2D eigenvalue weighted by Crippen LogP contribution is 2.26. The Kier molecular flexibility index (Phi) is 5.30. The van der Waals surface area contributed by atoms with Crippen molar-refractivity contribution in [2.45, 2.75) is 45.1 Å². The SMILES string of the molecule is CC1CCCC(N(C)CCC(=O)c2ccc(F)cc2)C1. The average Bonchev–Trinajstić information content (AvgIpc) is 2.45. The summed E-state index contributed by atoms with van der Waals surface area (Å²) >= 11 is 0. The lowest BCUT2D eigenvalue weighted by atomic mass is 9.86. The van der Waals surface area contributed by atoms with Crippen molar-refractivity contribution in [2.24, 2.45) is 5.92 Å². The Morgan fingerprint density at radius 1 is 1.30 bits per heavy atom. The van der Waals surface area contributed by atoms with E-state index in [0.29, 0.717) is 18.0 Å². The monoisotopic (exact) mass is 277 g/mol. The second-order valence-corrected chi connectivity index (χ2v) is 6.09. The summed E-state index contributed by atoms with van der Waals surface area (Å²) in [5.74, 6) is 0.597. The van der Waals surface area contributed by atoms with Crippen LogP contribution in [0.3, 0.4) is 0 Å². The number of nitrogens with zero attached hydrogens (tertiary/aromatic N) is 1. The third kappa shape index (κ3) is 4.14. The summed E-state index contributed by atoms with van der Waals surface area (Å²) in [6, 6.07) is 6.44. The van der Waals surface area contributed by atoms with Gasteiger partial charge in [-0.05, 0) is 50.1 Å². The fourth-order valence-electron chi connectivity index (χ4n) is 3.04. The fourth-order valence-corrected chi connectivity index (χ4v) is 3.04. The van der Waals surface area contributed by atoms with Gasteiger partial charge < -0.3 is 4.90 Å². The molecule has 0 heterocycles. The summed E-state index contributed by atoms with van der Waals surface area (Å²) < 4.78 is 12.8. The first-order chi connectivity index (χ1) is 9.56. The Labute approximate surface area is 121 Å². The quantitative estimate of drug-likeness (QED) is 0.761. The van der Waals surface area contributed by atoms with Crippen LogP contribution in [0.1, 0.15) is 49.4 Å². The van der Waals surface area contributed by atoms with Gasteiger partial charge in [-0.2, -0.15) is 0 Å². The first kappa shape index (κ1) is 15.2. The maximum absolute atomic E-state index is 12.8. The molecule has 0 bridgehead atoms. The van der Waals surface area contributed by atoms with Crippen LogP contribution in [0.15, 0.2) is 24.3 Å². The van der Waals surface area contributed by atoms with E-state index < -0.39 is 0 Å². The molecule has 0 spiro atoms. The standard InChI is InChI=1S/C17H24FNO/c1-13-4-3-5-16(12-13)19(2)11-10-17(20)14-6-8-15(18)9-7-14/h6-9,13,16H,3-5,10-12H2,1-2H3. The van der Waals surface area contributed by atoms with Gasteiger partial charge in [0.05, 0.1) is 0 Å². The molecule has 0 aromatic heterocycles. The van der Waals surface area contributed by atoms with Crippen molar-refractivity contribution in [3.63, 3.8) is 0 Å². The molecule has 0 saturated heterocycles. The van der Waals surface area contributed by atoms with E-state index in [-0.39, 0.29) is 11.6 Å². The molecular weight excluding hydrogens is 253 g/mol. The molecule has 2 atom stereocenters. The van der Waals surface area contributed by atoms with E-state index in [2.05, 4.69) is 18.9 Å². The molecule has 2 rings (SSSR count).